The number of carbonyl (C=O) groups excluding carboxylic acids is 1. The van der Waals surface area contributed by atoms with Gasteiger partial charge >= 0.3 is 0 Å². The molecule has 0 atom stereocenters. The fraction of sp³-hybridized carbons (Fsp3) is 0.571. The lowest BCUT2D eigenvalue weighted by atomic mass is 9.99. The molecule has 1 amide bonds. The third-order valence-electron chi connectivity index (χ3n) is 5.53. The normalized spacial score (nSPS) is 20.6. The fourth-order valence-electron chi connectivity index (χ4n) is 3.73. The van der Waals surface area contributed by atoms with E-state index in [1.54, 1.807) is 0 Å². The lowest BCUT2D eigenvalue weighted by Gasteiger charge is -2.34. The molecule has 3 rings (SSSR count). The second-order valence-electron chi connectivity index (χ2n) is 7.54. The summed E-state index contributed by atoms with van der Waals surface area (Å²) in [6.45, 7) is 13.9. The van der Waals surface area contributed by atoms with Gasteiger partial charge in [-0.1, -0.05) is 25.1 Å². The van der Waals surface area contributed by atoms with Gasteiger partial charge in [-0.15, -0.1) is 6.58 Å². The van der Waals surface area contributed by atoms with Crippen LogP contribution in [-0.2, 0) is 6.54 Å². The minimum atomic E-state index is 0.164. The fourth-order valence-corrected chi connectivity index (χ4v) is 3.73. The van der Waals surface area contributed by atoms with Gasteiger partial charge in [0, 0.05) is 44.8 Å². The molecule has 0 bridgehead atoms. The molecule has 0 radical (unpaired) electrons. The Balaban J connectivity index is 1.51. The average Bonchev–Trinajstić information content (AvgIpc) is 2.65. The van der Waals surface area contributed by atoms with Crippen LogP contribution in [0.25, 0.3) is 0 Å². The van der Waals surface area contributed by atoms with E-state index >= 15 is 0 Å². The predicted octanol–water partition coefficient (Wildman–Crippen LogP) is 2.86. The molecule has 4 heteroatoms. The molecule has 2 saturated heterocycles. The number of hydrogen-bond donors (Lipinski definition) is 0. The van der Waals surface area contributed by atoms with E-state index < -0.39 is 0 Å². The van der Waals surface area contributed by atoms with Crippen molar-refractivity contribution in [2.24, 2.45) is 5.92 Å². The van der Waals surface area contributed by atoms with E-state index in [0.29, 0.717) is 0 Å². The summed E-state index contributed by atoms with van der Waals surface area (Å²) in [7, 11) is 0. The molecular formula is C21H31N3O. The summed E-state index contributed by atoms with van der Waals surface area (Å²) in [6.07, 6.45) is 4.53. The van der Waals surface area contributed by atoms with E-state index in [0.717, 1.165) is 50.7 Å². The number of carbonyl (C=O) groups is 1. The molecular weight excluding hydrogens is 310 g/mol. The molecule has 0 unspecified atom stereocenters. The van der Waals surface area contributed by atoms with Crippen molar-refractivity contribution in [3.05, 3.63) is 48.0 Å². The molecule has 1 aromatic rings. The molecule has 2 heterocycles. The topological polar surface area (TPSA) is 26.8 Å². The van der Waals surface area contributed by atoms with E-state index in [-0.39, 0.29) is 5.91 Å². The van der Waals surface area contributed by atoms with Crippen LogP contribution in [0, 0.1) is 5.92 Å². The summed E-state index contributed by atoms with van der Waals surface area (Å²) in [6, 6.07) is 8.25. The number of amides is 1. The number of piperidine rings is 1. The number of benzene rings is 1. The quantitative estimate of drug-likeness (QED) is 0.771. The average molecular weight is 341 g/mol. The lowest BCUT2D eigenvalue weighted by Crippen LogP contribution is -2.48. The van der Waals surface area contributed by atoms with Gasteiger partial charge < -0.3 is 4.90 Å². The van der Waals surface area contributed by atoms with E-state index in [4.69, 9.17) is 0 Å². The summed E-state index contributed by atoms with van der Waals surface area (Å²) in [5, 5.41) is 0. The van der Waals surface area contributed by atoms with E-state index in [1.807, 2.05) is 23.1 Å². The Labute approximate surface area is 152 Å². The van der Waals surface area contributed by atoms with Gasteiger partial charge in [-0.2, -0.15) is 0 Å². The van der Waals surface area contributed by atoms with Gasteiger partial charge in [0.1, 0.15) is 0 Å². The van der Waals surface area contributed by atoms with Gasteiger partial charge in [-0.3, -0.25) is 14.6 Å². The number of hydrogen-bond acceptors (Lipinski definition) is 3. The Morgan fingerprint density at radius 1 is 1.04 bits per heavy atom. The molecule has 2 aliphatic heterocycles. The standard InChI is InChI=1S/C21H31N3O/c1-3-10-22-13-15-24(16-14-22)21(25)20-6-4-19(5-7-20)17-23-11-8-18(2)9-12-23/h3-7,18H,1,8-17H2,2H3. The van der Waals surface area contributed by atoms with Crippen molar-refractivity contribution >= 4 is 5.91 Å². The summed E-state index contributed by atoms with van der Waals surface area (Å²) < 4.78 is 0. The van der Waals surface area contributed by atoms with Crippen LogP contribution in [0.3, 0.4) is 0 Å². The van der Waals surface area contributed by atoms with Gasteiger partial charge in [0.25, 0.3) is 5.91 Å². The molecule has 2 fully saturated rings. The van der Waals surface area contributed by atoms with Crippen molar-refractivity contribution in [3.8, 4) is 0 Å². The van der Waals surface area contributed by atoms with Crippen LogP contribution in [0.1, 0.15) is 35.7 Å². The zero-order valence-corrected chi connectivity index (χ0v) is 15.5. The van der Waals surface area contributed by atoms with Crippen LogP contribution in [-0.4, -0.2) is 66.4 Å². The van der Waals surface area contributed by atoms with Gasteiger partial charge in [-0.05, 0) is 49.5 Å². The Morgan fingerprint density at radius 2 is 1.68 bits per heavy atom. The van der Waals surface area contributed by atoms with Crippen molar-refractivity contribution in [1.82, 2.24) is 14.7 Å². The number of rotatable bonds is 5. The molecule has 25 heavy (non-hydrogen) atoms. The van der Waals surface area contributed by atoms with Crippen LogP contribution < -0.4 is 0 Å². The van der Waals surface area contributed by atoms with E-state index in [2.05, 4.69) is 35.4 Å². The largest absolute Gasteiger partial charge is 0.336 e. The lowest BCUT2D eigenvalue weighted by molar-refractivity contribution is 0.0650. The molecule has 4 nitrogen and oxygen atoms in total. The first-order valence-electron chi connectivity index (χ1n) is 9.59. The van der Waals surface area contributed by atoms with Crippen molar-refractivity contribution in [1.29, 1.82) is 0 Å². The minimum absolute atomic E-state index is 0.164. The highest BCUT2D eigenvalue weighted by Crippen LogP contribution is 2.18. The van der Waals surface area contributed by atoms with Gasteiger partial charge in [0.2, 0.25) is 0 Å². The summed E-state index contributed by atoms with van der Waals surface area (Å²) in [5.74, 6) is 1.03. The maximum absolute atomic E-state index is 12.7. The van der Waals surface area contributed by atoms with E-state index in [1.165, 1.54) is 31.5 Å². The van der Waals surface area contributed by atoms with Gasteiger partial charge in [-0.25, -0.2) is 0 Å². The first kappa shape index (κ1) is 18.2. The molecule has 2 aliphatic rings. The highest BCUT2D eigenvalue weighted by atomic mass is 16.2. The SMILES string of the molecule is C=CCN1CCN(C(=O)c2ccc(CN3CCC(C)CC3)cc2)CC1. The summed E-state index contributed by atoms with van der Waals surface area (Å²) in [4.78, 5) is 19.5. The zero-order valence-electron chi connectivity index (χ0n) is 15.5. The van der Waals surface area contributed by atoms with Crippen LogP contribution in [0.4, 0.5) is 0 Å². The predicted molar refractivity (Wildman–Crippen MR) is 103 cm³/mol. The van der Waals surface area contributed by atoms with Crippen LogP contribution in [0.2, 0.25) is 0 Å². The second kappa shape index (κ2) is 8.63. The molecule has 0 aromatic heterocycles. The van der Waals surface area contributed by atoms with Crippen LogP contribution in [0.15, 0.2) is 36.9 Å². The number of nitrogens with zero attached hydrogens (tertiary/aromatic N) is 3. The molecule has 136 valence electrons. The first-order valence-corrected chi connectivity index (χ1v) is 9.59. The Bertz CT molecular complexity index is 567. The highest BCUT2D eigenvalue weighted by Gasteiger charge is 2.21. The van der Waals surface area contributed by atoms with Gasteiger partial charge in [0.15, 0.2) is 0 Å². The maximum Gasteiger partial charge on any atom is 0.253 e. The van der Waals surface area contributed by atoms with E-state index in [9.17, 15) is 4.79 Å². The molecule has 0 spiro atoms. The zero-order chi connectivity index (χ0) is 17.6. The smallest absolute Gasteiger partial charge is 0.253 e. The molecule has 1 aromatic carbocycles. The number of piperazine rings is 1. The molecule has 0 saturated carbocycles. The van der Waals surface area contributed by atoms with Crippen LogP contribution in [0.5, 0.6) is 0 Å². The van der Waals surface area contributed by atoms with Crippen molar-refractivity contribution < 1.29 is 4.79 Å². The van der Waals surface area contributed by atoms with Crippen LogP contribution >= 0.6 is 0 Å². The summed E-state index contributed by atoms with van der Waals surface area (Å²) >= 11 is 0. The second-order valence-corrected chi connectivity index (χ2v) is 7.54. The highest BCUT2D eigenvalue weighted by molar-refractivity contribution is 5.94. The first-order chi connectivity index (χ1) is 12.2. The third-order valence-corrected chi connectivity index (χ3v) is 5.53. The third kappa shape index (κ3) is 4.93. The Morgan fingerprint density at radius 3 is 2.28 bits per heavy atom. The molecule has 0 N–H and O–H groups in total. The summed E-state index contributed by atoms with van der Waals surface area (Å²) in [5.41, 5.74) is 2.12. The Kier molecular flexibility index (Phi) is 6.27. The molecule has 0 aliphatic carbocycles. The van der Waals surface area contributed by atoms with Crippen molar-refractivity contribution in [2.75, 3.05) is 45.8 Å². The monoisotopic (exact) mass is 341 g/mol. The van der Waals surface area contributed by atoms with Crippen molar-refractivity contribution in [2.45, 2.75) is 26.3 Å². The Hall–Kier alpha value is -1.65. The van der Waals surface area contributed by atoms with Gasteiger partial charge in [0.05, 0.1) is 0 Å². The maximum atomic E-state index is 12.7. The minimum Gasteiger partial charge on any atom is -0.336 e. The van der Waals surface area contributed by atoms with Crippen molar-refractivity contribution in [3.63, 3.8) is 0 Å². The number of likely N-dealkylation sites (tertiary alicyclic amines) is 1.